The van der Waals surface area contributed by atoms with E-state index in [0.717, 1.165) is 82.1 Å². The Kier molecular flexibility index (Phi) is 10.8. The highest BCUT2D eigenvalue weighted by Crippen LogP contribution is 2.36. The van der Waals surface area contributed by atoms with Gasteiger partial charge < -0.3 is 15.0 Å². The molecule has 15 nitrogen and oxygen atoms in total. The molecule has 17 heteroatoms. The number of para-hydroxylation sites is 1. The van der Waals surface area contributed by atoms with E-state index in [4.69, 9.17) is 4.74 Å². The number of ether oxygens (including phenoxy) is 1. The first-order valence-electron chi connectivity index (χ1n) is 19.5. The molecule has 2 N–H and O–H groups in total. The number of piperidine rings is 2. The van der Waals surface area contributed by atoms with Crippen LogP contribution >= 0.6 is 0 Å². The molecule has 1 aliphatic carbocycles. The number of fused-ring (bicyclic) bond motifs is 2. The summed E-state index contributed by atoms with van der Waals surface area (Å²) in [6.45, 7) is 3.53. The minimum absolute atomic E-state index is 0.00136. The molecule has 296 valence electrons. The maximum atomic E-state index is 14.0. The molecule has 2 aliphatic heterocycles. The van der Waals surface area contributed by atoms with Crippen LogP contribution in [0.2, 0.25) is 0 Å². The highest BCUT2D eigenvalue weighted by atomic mass is 19.3. The van der Waals surface area contributed by atoms with Crippen molar-refractivity contribution < 1.29 is 27.9 Å². The van der Waals surface area contributed by atoms with Gasteiger partial charge in [-0.2, -0.15) is 10.2 Å². The number of hydrogen-bond acceptors (Lipinski definition) is 9. The molecular weight excluding hydrogens is 726 g/mol. The standard InChI is InChI=1S/C39H46F2N10O5/c1-47-34-25(5-2-7-30(34)51(39(47)55)31-12-13-32(52)45-38(31)54)6-3-20-56-27-14-18-48(19-15-27)22-24-8-10-26(11-9-24)50-23-29(33(46-50)35(40)41)44-37(53)28-21-43-49-17-4-16-42-36(28)49/h2,4-5,7,16-17,21,23-24,26-27,31,35H,3,6,8-15,18-20,22H2,1H3,(H,44,53)(H,45,52,54). The Morgan fingerprint density at radius 3 is 2.62 bits per heavy atom. The average molecular weight is 773 g/mol. The molecule has 1 saturated carbocycles. The highest BCUT2D eigenvalue weighted by molar-refractivity contribution is 6.08. The summed E-state index contributed by atoms with van der Waals surface area (Å²) in [5.74, 6) is -0.808. The first-order valence-corrected chi connectivity index (χ1v) is 19.5. The van der Waals surface area contributed by atoms with Crippen molar-refractivity contribution in [2.75, 3.05) is 31.6 Å². The summed E-state index contributed by atoms with van der Waals surface area (Å²) in [5, 5.41) is 13.3. The number of nitrogens with one attached hydrogen (secondary N) is 2. The first-order chi connectivity index (χ1) is 27.1. The van der Waals surface area contributed by atoms with E-state index in [1.54, 1.807) is 28.6 Å². The zero-order valence-corrected chi connectivity index (χ0v) is 31.3. The summed E-state index contributed by atoms with van der Waals surface area (Å²) in [6, 6.07) is 6.73. The van der Waals surface area contributed by atoms with Crippen molar-refractivity contribution in [3.05, 3.63) is 76.4 Å². The Morgan fingerprint density at radius 2 is 1.86 bits per heavy atom. The number of alkyl halides is 2. The number of benzene rings is 1. The lowest BCUT2D eigenvalue weighted by Gasteiger charge is -2.36. The van der Waals surface area contributed by atoms with Gasteiger partial charge in [0.1, 0.15) is 11.6 Å². The van der Waals surface area contributed by atoms with Crippen LogP contribution in [0, 0.1) is 5.92 Å². The second-order valence-electron chi connectivity index (χ2n) is 15.2. The zero-order chi connectivity index (χ0) is 38.9. The fourth-order valence-corrected chi connectivity index (χ4v) is 8.71. The van der Waals surface area contributed by atoms with Gasteiger partial charge in [0.05, 0.1) is 35.1 Å². The lowest BCUT2D eigenvalue weighted by Crippen LogP contribution is -2.44. The Balaban J connectivity index is 0.781. The van der Waals surface area contributed by atoms with Crippen LogP contribution in [0.4, 0.5) is 14.5 Å². The maximum Gasteiger partial charge on any atom is 0.329 e. The van der Waals surface area contributed by atoms with Gasteiger partial charge in [-0.3, -0.25) is 33.5 Å². The number of aromatic nitrogens is 7. The van der Waals surface area contributed by atoms with Gasteiger partial charge >= 0.3 is 5.69 Å². The van der Waals surface area contributed by atoms with Gasteiger partial charge in [0.2, 0.25) is 11.8 Å². The number of imide groups is 1. The monoisotopic (exact) mass is 772 g/mol. The van der Waals surface area contributed by atoms with Crippen LogP contribution in [-0.2, 0) is 27.8 Å². The molecule has 0 spiro atoms. The third kappa shape index (κ3) is 7.61. The van der Waals surface area contributed by atoms with E-state index in [-0.39, 0.29) is 41.4 Å². The Hall–Kier alpha value is -5.29. The number of anilines is 1. The number of imidazole rings is 1. The molecule has 1 aromatic carbocycles. The van der Waals surface area contributed by atoms with Crippen molar-refractivity contribution in [2.24, 2.45) is 13.0 Å². The van der Waals surface area contributed by atoms with Crippen LogP contribution in [0.1, 0.15) is 97.9 Å². The molecule has 8 rings (SSSR count). The van der Waals surface area contributed by atoms with Crippen molar-refractivity contribution in [3.63, 3.8) is 0 Å². The van der Waals surface area contributed by atoms with Crippen molar-refractivity contribution in [1.82, 2.24) is 43.7 Å². The van der Waals surface area contributed by atoms with E-state index in [9.17, 15) is 28.0 Å². The largest absolute Gasteiger partial charge is 0.378 e. The van der Waals surface area contributed by atoms with Gasteiger partial charge in [-0.15, -0.1) is 0 Å². The van der Waals surface area contributed by atoms with E-state index in [1.165, 1.54) is 27.7 Å². The van der Waals surface area contributed by atoms with Crippen molar-refractivity contribution in [1.29, 1.82) is 0 Å². The third-order valence-electron chi connectivity index (χ3n) is 11.6. The van der Waals surface area contributed by atoms with Gasteiger partial charge in [-0.25, -0.2) is 23.1 Å². The van der Waals surface area contributed by atoms with Crippen molar-refractivity contribution >= 4 is 40.1 Å². The van der Waals surface area contributed by atoms with Crippen LogP contribution < -0.4 is 16.3 Å². The van der Waals surface area contributed by atoms with Crippen molar-refractivity contribution in [2.45, 2.75) is 88.8 Å². The SMILES string of the molecule is Cn1c(=O)n(C2CCC(=O)NC2=O)c2cccc(CCCOC3CCN(CC4CCC(n5cc(NC(=O)c6cnn7cccnc67)c(C(F)F)n5)CC4)CC3)c21. The lowest BCUT2D eigenvalue weighted by molar-refractivity contribution is -0.135. The molecule has 3 aliphatic rings. The molecule has 3 amide bonds. The first kappa shape index (κ1) is 37.6. The Morgan fingerprint density at radius 1 is 1.05 bits per heavy atom. The molecule has 3 fully saturated rings. The highest BCUT2D eigenvalue weighted by Gasteiger charge is 2.32. The van der Waals surface area contributed by atoms with Gasteiger partial charge in [-0.1, -0.05) is 12.1 Å². The Bertz CT molecular complexity index is 2300. The second-order valence-corrected chi connectivity index (χ2v) is 15.2. The molecule has 0 radical (unpaired) electrons. The number of likely N-dealkylation sites (tertiary alicyclic amines) is 1. The zero-order valence-electron chi connectivity index (χ0n) is 31.3. The van der Waals surface area contributed by atoms with Crippen molar-refractivity contribution in [3.8, 4) is 0 Å². The van der Waals surface area contributed by atoms with E-state index >= 15 is 0 Å². The topological polar surface area (TPSA) is 163 Å². The predicted octanol–water partition coefficient (Wildman–Crippen LogP) is 4.59. The summed E-state index contributed by atoms with van der Waals surface area (Å²) < 4.78 is 40.5. The van der Waals surface area contributed by atoms with Crippen LogP contribution in [0.15, 0.2) is 53.8 Å². The molecule has 56 heavy (non-hydrogen) atoms. The van der Waals surface area contributed by atoms with Crippen LogP contribution in [-0.4, -0.2) is 88.5 Å². The van der Waals surface area contributed by atoms with Crippen LogP contribution in [0.5, 0.6) is 0 Å². The number of carbonyl (C=O) groups is 3. The molecule has 5 aromatic rings. The molecule has 1 unspecified atom stereocenters. The number of carbonyl (C=O) groups excluding carboxylic acids is 3. The third-order valence-corrected chi connectivity index (χ3v) is 11.6. The van der Waals surface area contributed by atoms with E-state index in [1.807, 2.05) is 18.2 Å². The van der Waals surface area contributed by atoms with Crippen LogP contribution in [0.25, 0.3) is 16.7 Å². The summed E-state index contributed by atoms with van der Waals surface area (Å²) in [5.41, 5.74) is 2.34. The smallest absolute Gasteiger partial charge is 0.329 e. The normalized spacial score (nSPS) is 21.3. The predicted molar refractivity (Wildman–Crippen MR) is 201 cm³/mol. The minimum Gasteiger partial charge on any atom is -0.378 e. The molecule has 0 bridgehead atoms. The summed E-state index contributed by atoms with van der Waals surface area (Å²) in [6.07, 6.45) is 11.0. The van der Waals surface area contributed by atoms with E-state index < -0.39 is 30.0 Å². The summed E-state index contributed by atoms with van der Waals surface area (Å²) in [7, 11) is 1.72. The van der Waals surface area contributed by atoms with Gasteiger partial charge in [0, 0.05) is 58.3 Å². The fraction of sp³-hybridized carbons (Fsp3) is 0.513. The molecule has 4 aromatic heterocycles. The van der Waals surface area contributed by atoms with E-state index in [0.29, 0.717) is 30.1 Å². The number of rotatable bonds is 12. The summed E-state index contributed by atoms with van der Waals surface area (Å²) in [4.78, 5) is 57.2. The molecular formula is C39H46F2N10O5. The average Bonchev–Trinajstić information content (AvgIpc) is 3.89. The van der Waals surface area contributed by atoms with Crippen LogP contribution in [0.3, 0.4) is 0 Å². The quantitative estimate of drug-likeness (QED) is 0.137. The maximum absolute atomic E-state index is 14.0. The number of nitrogens with zero attached hydrogens (tertiary/aromatic N) is 8. The minimum atomic E-state index is -2.84. The Labute approximate surface area is 321 Å². The second kappa shape index (κ2) is 16.1. The summed E-state index contributed by atoms with van der Waals surface area (Å²) >= 11 is 0. The van der Waals surface area contributed by atoms with E-state index in [2.05, 4.69) is 30.7 Å². The number of aryl methyl sites for hydroxylation is 2. The fourth-order valence-electron chi connectivity index (χ4n) is 8.71. The molecule has 1 atom stereocenters. The number of amides is 3. The lowest BCUT2D eigenvalue weighted by atomic mass is 9.85. The van der Waals surface area contributed by atoms with Gasteiger partial charge in [0.15, 0.2) is 11.3 Å². The molecule has 2 saturated heterocycles. The number of halogens is 2. The van der Waals surface area contributed by atoms with Gasteiger partial charge in [0.25, 0.3) is 12.3 Å². The molecule has 6 heterocycles. The number of hydrogen-bond donors (Lipinski definition) is 2. The van der Waals surface area contributed by atoms with Gasteiger partial charge in [-0.05, 0) is 81.4 Å².